The van der Waals surface area contributed by atoms with Crippen molar-refractivity contribution in [1.82, 2.24) is 15.0 Å². The van der Waals surface area contributed by atoms with E-state index in [1.54, 1.807) is 31.4 Å². The van der Waals surface area contributed by atoms with E-state index in [0.717, 1.165) is 17.7 Å². The summed E-state index contributed by atoms with van der Waals surface area (Å²) in [6, 6.07) is 6.16. The molecule has 2 heterocycles. The lowest BCUT2D eigenvalue weighted by Gasteiger charge is -2.21. The summed E-state index contributed by atoms with van der Waals surface area (Å²) in [4.78, 5) is 43.0. The zero-order chi connectivity index (χ0) is 21.3. The van der Waals surface area contributed by atoms with Gasteiger partial charge in [0.25, 0.3) is 5.89 Å². The molecule has 3 unspecified atom stereocenters. The zero-order valence-electron chi connectivity index (χ0n) is 16.9. The van der Waals surface area contributed by atoms with Crippen molar-refractivity contribution >= 4 is 17.8 Å². The summed E-state index contributed by atoms with van der Waals surface area (Å²) in [5, 5.41) is 3.88. The number of hydrogen-bond donors (Lipinski definition) is 0. The first kappa shape index (κ1) is 20.1. The molecule has 3 atom stereocenters. The van der Waals surface area contributed by atoms with E-state index in [1.165, 1.54) is 6.92 Å². The topological polar surface area (TPSA) is 112 Å². The molecule has 1 aromatic carbocycles. The van der Waals surface area contributed by atoms with E-state index in [9.17, 15) is 14.4 Å². The maximum Gasteiger partial charge on any atom is 0.329 e. The largest absolute Gasteiger partial charge is 0.497 e. The molecule has 2 aliphatic rings. The average molecular weight is 413 g/mol. The standard InChI is InChI=1S/C21H23N3O6/c1-12(24-19(25)15-8-3-4-9-16(15)20(24)26)21(27)29-11-17-22-18(23-30-17)13-6-5-7-14(10-13)28-2/h5-7,10,12,15-16H,3-4,8-9,11H2,1-2H3. The number of amides is 2. The normalized spacial score (nSPS) is 22.0. The Morgan fingerprint density at radius 1 is 1.23 bits per heavy atom. The molecule has 0 bridgehead atoms. The number of methoxy groups -OCH3 is 1. The first-order chi connectivity index (χ1) is 14.5. The van der Waals surface area contributed by atoms with Crippen LogP contribution in [0.2, 0.25) is 0 Å². The average Bonchev–Trinajstić information content (AvgIpc) is 3.35. The number of carbonyl (C=O) groups is 3. The number of hydrogen-bond acceptors (Lipinski definition) is 8. The molecule has 1 aliphatic heterocycles. The number of aromatic nitrogens is 2. The van der Waals surface area contributed by atoms with Gasteiger partial charge in [0, 0.05) is 5.56 Å². The maximum atomic E-state index is 12.6. The Kier molecular flexibility index (Phi) is 5.52. The van der Waals surface area contributed by atoms with E-state index in [2.05, 4.69) is 10.1 Å². The molecule has 0 radical (unpaired) electrons. The van der Waals surface area contributed by atoms with Gasteiger partial charge in [0.15, 0.2) is 6.61 Å². The van der Waals surface area contributed by atoms with Crippen LogP contribution in [0.3, 0.4) is 0 Å². The van der Waals surface area contributed by atoms with E-state index >= 15 is 0 Å². The molecule has 9 heteroatoms. The second-order valence-corrected chi connectivity index (χ2v) is 7.57. The van der Waals surface area contributed by atoms with Crippen molar-refractivity contribution in [2.24, 2.45) is 11.8 Å². The minimum Gasteiger partial charge on any atom is -0.497 e. The van der Waals surface area contributed by atoms with Gasteiger partial charge >= 0.3 is 5.97 Å². The number of ether oxygens (including phenoxy) is 2. The molecule has 4 rings (SSSR count). The highest BCUT2D eigenvalue weighted by Gasteiger charge is 2.51. The highest BCUT2D eigenvalue weighted by molar-refractivity contribution is 6.07. The fourth-order valence-electron chi connectivity index (χ4n) is 4.12. The third kappa shape index (κ3) is 3.67. The van der Waals surface area contributed by atoms with Gasteiger partial charge in [0.05, 0.1) is 18.9 Å². The van der Waals surface area contributed by atoms with Crippen molar-refractivity contribution in [2.75, 3.05) is 7.11 Å². The van der Waals surface area contributed by atoms with Gasteiger partial charge in [0.2, 0.25) is 17.6 Å². The predicted octanol–water partition coefficient (Wildman–Crippen LogP) is 2.35. The summed E-state index contributed by atoms with van der Waals surface area (Å²) >= 11 is 0. The number of esters is 1. The molecular formula is C21H23N3O6. The van der Waals surface area contributed by atoms with E-state index in [1.807, 2.05) is 0 Å². The minimum atomic E-state index is -0.989. The molecule has 30 heavy (non-hydrogen) atoms. The summed E-state index contributed by atoms with van der Waals surface area (Å²) in [7, 11) is 1.56. The molecule has 1 aromatic heterocycles. The Morgan fingerprint density at radius 2 is 1.93 bits per heavy atom. The second kappa shape index (κ2) is 8.25. The van der Waals surface area contributed by atoms with Crippen LogP contribution in [0.1, 0.15) is 38.5 Å². The monoisotopic (exact) mass is 413 g/mol. The minimum absolute atomic E-state index is 0.112. The SMILES string of the molecule is COc1cccc(-c2noc(COC(=O)C(C)N3C(=O)C4CCCCC4C3=O)n2)c1. The van der Waals surface area contributed by atoms with Gasteiger partial charge in [-0.15, -0.1) is 0 Å². The van der Waals surface area contributed by atoms with Gasteiger partial charge in [-0.2, -0.15) is 4.98 Å². The summed E-state index contributed by atoms with van der Waals surface area (Å²) < 4.78 is 15.6. The van der Waals surface area contributed by atoms with E-state index in [0.29, 0.717) is 30.0 Å². The predicted molar refractivity (Wildman–Crippen MR) is 103 cm³/mol. The Bertz CT molecular complexity index is 947. The molecule has 2 aromatic rings. The number of benzene rings is 1. The zero-order valence-corrected chi connectivity index (χ0v) is 16.9. The number of nitrogens with zero attached hydrogens (tertiary/aromatic N) is 3. The molecule has 2 amide bonds. The van der Waals surface area contributed by atoms with Crippen LogP contribution < -0.4 is 4.74 Å². The first-order valence-corrected chi connectivity index (χ1v) is 10.00. The lowest BCUT2D eigenvalue weighted by molar-refractivity contribution is -0.159. The summed E-state index contributed by atoms with van der Waals surface area (Å²) in [5.41, 5.74) is 0.694. The van der Waals surface area contributed by atoms with E-state index in [4.69, 9.17) is 14.0 Å². The second-order valence-electron chi connectivity index (χ2n) is 7.57. The van der Waals surface area contributed by atoms with E-state index in [-0.39, 0.29) is 36.1 Å². The van der Waals surface area contributed by atoms with Crippen LogP contribution in [0.5, 0.6) is 5.75 Å². The van der Waals surface area contributed by atoms with Gasteiger partial charge in [-0.3, -0.25) is 14.5 Å². The number of rotatable bonds is 6. The van der Waals surface area contributed by atoms with Crippen LogP contribution in [-0.4, -0.2) is 46.0 Å². The van der Waals surface area contributed by atoms with Crippen molar-refractivity contribution in [2.45, 2.75) is 45.3 Å². The molecule has 0 N–H and O–H groups in total. The summed E-state index contributed by atoms with van der Waals surface area (Å²) in [6.45, 7) is 1.26. The molecule has 9 nitrogen and oxygen atoms in total. The van der Waals surface area contributed by atoms with Gasteiger partial charge in [0.1, 0.15) is 11.8 Å². The van der Waals surface area contributed by atoms with Crippen molar-refractivity contribution < 1.29 is 28.4 Å². The van der Waals surface area contributed by atoms with Crippen molar-refractivity contribution in [3.05, 3.63) is 30.2 Å². The Balaban J connectivity index is 1.38. The molecule has 158 valence electrons. The molecule has 1 saturated heterocycles. The smallest absolute Gasteiger partial charge is 0.329 e. The fourth-order valence-corrected chi connectivity index (χ4v) is 4.12. The highest BCUT2D eigenvalue weighted by atomic mass is 16.6. The van der Waals surface area contributed by atoms with Crippen molar-refractivity contribution in [1.29, 1.82) is 0 Å². The Labute approximate surface area is 173 Å². The van der Waals surface area contributed by atoms with Crippen molar-refractivity contribution in [3.8, 4) is 17.1 Å². The Hall–Kier alpha value is -3.23. The molecular weight excluding hydrogens is 390 g/mol. The van der Waals surface area contributed by atoms with Gasteiger partial charge in [-0.05, 0) is 31.9 Å². The van der Waals surface area contributed by atoms with Crippen LogP contribution in [0, 0.1) is 11.8 Å². The fraction of sp³-hybridized carbons (Fsp3) is 0.476. The van der Waals surface area contributed by atoms with E-state index < -0.39 is 12.0 Å². The summed E-state index contributed by atoms with van der Waals surface area (Å²) in [6.07, 6.45) is 3.25. The first-order valence-electron chi connectivity index (χ1n) is 10.00. The quantitative estimate of drug-likeness (QED) is 0.524. The van der Waals surface area contributed by atoms with Crippen LogP contribution >= 0.6 is 0 Å². The maximum absolute atomic E-state index is 12.6. The van der Waals surface area contributed by atoms with Crippen LogP contribution in [0.15, 0.2) is 28.8 Å². The van der Waals surface area contributed by atoms with Crippen LogP contribution in [0.25, 0.3) is 11.4 Å². The highest BCUT2D eigenvalue weighted by Crippen LogP contribution is 2.39. The van der Waals surface area contributed by atoms with Crippen LogP contribution in [-0.2, 0) is 25.7 Å². The molecule has 2 fully saturated rings. The third-order valence-corrected chi connectivity index (χ3v) is 5.74. The number of imide groups is 1. The summed E-state index contributed by atoms with van der Waals surface area (Å²) in [5.74, 6) is -0.732. The molecule has 0 spiro atoms. The lowest BCUT2D eigenvalue weighted by Crippen LogP contribution is -2.44. The molecule has 1 saturated carbocycles. The van der Waals surface area contributed by atoms with Gasteiger partial charge < -0.3 is 14.0 Å². The Morgan fingerprint density at radius 3 is 2.60 bits per heavy atom. The molecule has 1 aliphatic carbocycles. The van der Waals surface area contributed by atoms with Gasteiger partial charge in [-0.1, -0.05) is 30.1 Å². The van der Waals surface area contributed by atoms with Gasteiger partial charge in [-0.25, -0.2) is 4.79 Å². The van der Waals surface area contributed by atoms with Crippen LogP contribution in [0.4, 0.5) is 0 Å². The number of likely N-dealkylation sites (tertiary alicyclic amines) is 1. The van der Waals surface area contributed by atoms with Crippen molar-refractivity contribution in [3.63, 3.8) is 0 Å². The third-order valence-electron chi connectivity index (χ3n) is 5.74. The number of fused-ring (bicyclic) bond motifs is 1. The lowest BCUT2D eigenvalue weighted by atomic mass is 9.81. The number of carbonyl (C=O) groups excluding carboxylic acids is 3.